The van der Waals surface area contributed by atoms with Gasteiger partial charge in [0.15, 0.2) is 0 Å². The Morgan fingerprint density at radius 1 is 1.13 bits per heavy atom. The second-order valence-electron chi connectivity index (χ2n) is 6.62. The lowest BCUT2D eigenvalue weighted by Gasteiger charge is -2.13. The van der Waals surface area contributed by atoms with E-state index >= 15 is 0 Å². The molecule has 0 atom stereocenters. The Labute approximate surface area is 190 Å². The van der Waals surface area contributed by atoms with E-state index in [4.69, 9.17) is 27.9 Å². The van der Waals surface area contributed by atoms with Crippen molar-refractivity contribution in [1.29, 1.82) is 5.26 Å². The van der Waals surface area contributed by atoms with Crippen molar-refractivity contribution in [1.82, 2.24) is 0 Å². The van der Waals surface area contributed by atoms with Gasteiger partial charge < -0.3 is 15.2 Å². The first-order valence-corrected chi connectivity index (χ1v) is 9.99. The van der Waals surface area contributed by atoms with Gasteiger partial charge in [-0.3, -0.25) is 4.79 Å². The molecule has 0 saturated heterocycles. The summed E-state index contributed by atoms with van der Waals surface area (Å²) >= 11 is 12.8. The van der Waals surface area contributed by atoms with Crippen molar-refractivity contribution >= 4 is 40.9 Å². The number of rotatable bonds is 6. The first-order chi connectivity index (χ1) is 14.9. The van der Waals surface area contributed by atoms with Crippen LogP contribution in [0.5, 0.6) is 11.5 Å². The molecule has 3 aromatic rings. The molecule has 156 valence electrons. The largest absolute Gasteiger partial charge is 0.508 e. The molecule has 7 heteroatoms. The normalized spacial score (nSPS) is 11.0. The quantitative estimate of drug-likeness (QED) is 0.279. The third kappa shape index (κ3) is 5.58. The highest BCUT2D eigenvalue weighted by molar-refractivity contribution is 6.32. The van der Waals surface area contributed by atoms with Crippen molar-refractivity contribution in [3.8, 4) is 17.6 Å². The van der Waals surface area contributed by atoms with Crippen LogP contribution in [0.3, 0.4) is 0 Å². The number of halogens is 2. The predicted octanol–water partition coefficient (Wildman–Crippen LogP) is 5.84. The van der Waals surface area contributed by atoms with Crippen molar-refractivity contribution in [3.05, 3.63) is 93.0 Å². The fourth-order valence-corrected chi connectivity index (χ4v) is 3.45. The molecule has 5 nitrogen and oxygen atoms in total. The van der Waals surface area contributed by atoms with Gasteiger partial charge in [-0.2, -0.15) is 5.26 Å². The zero-order valence-corrected chi connectivity index (χ0v) is 18.0. The molecule has 0 fully saturated rings. The van der Waals surface area contributed by atoms with E-state index in [0.717, 1.165) is 11.1 Å². The van der Waals surface area contributed by atoms with Crippen molar-refractivity contribution in [2.45, 2.75) is 6.42 Å². The third-order valence-electron chi connectivity index (χ3n) is 4.52. The minimum absolute atomic E-state index is 0.0765. The first-order valence-electron chi connectivity index (χ1n) is 9.23. The standard InChI is InChI=1S/C24H18Cl2N2O3/c1-31-23-12-15(11-22(26)20(23)13-16-4-2-3-5-21(16)25)10-17(14-27)24(30)28-18-6-8-19(29)9-7-18/h2-12,29H,13H2,1H3,(H,28,30)/b17-10+. The summed E-state index contributed by atoms with van der Waals surface area (Å²) in [7, 11) is 1.53. The molecule has 1 amide bonds. The zero-order chi connectivity index (χ0) is 22.4. The van der Waals surface area contributed by atoms with Gasteiger partial charge in [0.2, 0.25) is 0 Å². The maximum absolute atomic E-state index is 12.5. The van der Waals surface area contributed by atoms with E-state index in [0.29, 0.717) is 33.5 Å². The average Bonchev–Trinajstić information content (AvgIpc) is 2.76. The lowest BCUT2D eigenvalue weighted by Crippen LogP contribution is -2.13. The summed E-state index contributed by atoms with van der Waals surface area (Å²) in [6.07, 6.45) is 1.90. The number of phenolic OH excluding ortho intramolecular Hbond substituents is 1. The smallest absolute Gasteiger partial charge is 0.266 e. The average molecular weight is 453 g/mol. The molecular formula is C24H18Cl2N2O3. The second-order valence-corrected chi connectivity index (χ2v) is 7.44. The molecule has 0 aliphatic carbocycles. The van der Waals surface area contributed by atoms with Crippen LogP contribution in [-0.4, -0.2) is 18.1 Å². The summed E-state index contributed by atoms with van der Waals surface area (Å²) in [5.41, 5.74) is 2.54. The Morgan fingerprint density at radius 3 is 2.48 bits per heavy atom. The Bertz CT molecular complexity index is 1180. The van der Waals surface area contributed by atoms with Crippen LogP contribution in [0.25, 0.3) is 6.08 Å². The van der Waals surface area contributed by atoms with Gasteiger partial charge in [0.25, 0.3) is 5.91 Å². The summed E-state index contributed by atoms with van der Waals surface area (Å²) in [6.45, 7) is 0. The summed E-state index contributed by atoms with van der Waals surface area (Å²) in [5.74, 6) is 0.0194. The summed E-state index contributed by atoms with van der Waals surface area (Å²) in [5, 5.41) is 22.5. The molecule has 0 bridgehead atoms. The maximum Gasteiger partial charge on any atom is 0.266 e. The van der Waals surface area contributed by atoms with Crippen molar-refractivity contribution in [2.75, 3.05) is 12.4 Å². The number of anilines is 1. The van der Waals surface area contributed by atoms with Crippen LogP contribution in [0.15, 0.2) is 66.2 Å². The minimum Gasteiger partial charge on any atom is -0.508 e. The molecule has 0 aliphatic rings. The van der Waals surface area contributed by atoms with Crippen LogP contribution in [0.4, 0.5) is 5.69 Å². The van der Waals surface area contributed by atoms with Crippen LogP contribution in [0.1, 0.15) is 16.7 Å². The Hall–Kier alpha value is -3.46. The number of carbonyl (C=O) groups excluding carboxylic acids is 1. The highest BCUT2D eigenvalue weighted by atomic mass is 35.5. The number of benzene rings is 3. The first kappa shape index (κ1) is 22.2. The van der Waals surface area contributed by atoms with Crippen molar-refractivity contribution in [2.24, 2.45) is 0 Å². The van der Waals surface area contributed by atoms with E-state index in [1.807, 2.05) is 24.3 Å². The van der Waals surface area contributed by atoms with Gasteiger partial charge in [-0.25, -0.2) is 0 Å². The van der Waals surface area contributed by atoms with E-state index in [2.05, 4.69) is 5.32 Å². The molecule has 0 radical (unpaired) electrons. The third-order valence-corrected chi connectivity index (χ3v) is 5.23. The van der Waals surface area contributed by atoms with Crippen molar-refractivity contribution < 1.29 is 14.6 Å². The predicted molar refractivity (Wildman–Crippen MR) is 123 cm³/mol. The molecule has 3 rings (SSSR count). The molecule has 0 unspecified atom stereocenters. The summed E-state index contributed by atoms with van der Waals surface area (Å²) < 4.78 is 5.50. The van der Waals surface area contributed by atoms with Crippen LogP contribution in [0.2, 0.25) is 10.0 Å². The van der Waals surface area contributed by atoms with E-state index in [-0.39, 0.29) is 11.3 Å². The lowest BCUT2D eigenvalue weighted by molar-refractivity contribution is -0.112. The summed E-state index contributed by atoms with van der Waals surface area (Å²) in [6, 6.07) is 18.7. The number of nitriles is 1. The van der Waals surface area contributed by atoms with Crippen LogP contribution in [-0.2, 0) is 11.2 Å². The van der Waals surface area contributed by atoms with Crippen molar-refractivity contribution in [3.63, 3.8) is 0 Å². The minimum atomic E-state index is -0.580. The van der Waals surface area contributed by atoms with Gasteiger partial charge >= 0.3 is 0 Å². The van der Waals surface area contributed by atoms with Crippen LogP contribution < -0.4 is 10.1 Å². The SMILES string of the molecule is COc1cc(/C=C(\C#N)C(=O)Nc2ccc(O)cc2)cc(Cl)c1Cc1ccccc1Cl. The van der Waals surface area contributed by atoms with Gasteiger partial charge in [0, 0.05) is 27.7 Å². The Kier molecular flexibility index (Phi) is 7.19. The Morgan fingerprint density at radius 2 is 1.84 bits per heavy atom. The van der Waals surface area contributed by atoms with Crippen LogP contribution >= 0.6 is 23.2 Å². The number of amides is 1. The Balaban J connectivity index is 1.89. The van der Waals surface area contributed by atoms with Gasteiger partial charge in [-0.1, -0.05) is 41.4 Å². The maximum atomic E-state index is 12.5. The van der Waals surface area contributed by atoms with E-state index in [1.165, 1.54) is 37.5 Å². The number of hydrogen-bond acceptors (Lipinski definition) is 4. The number of nitrogens with zero attached hydrogens (tertiary/aromatic N) is 1. The van der Waals surface area contributed by atoms with Gasteiger partial charge in [-0.15, -0.1) is 0 Å². The summed E-state index contributed by atoms with van der Waals surface area (Å²) in [4.78, 5) is 12.5. The molecule has 0 aliphatic heterocycles. The van der Waals surface area contributed by atoms with Gasteiger partial charge in [-0.05, 0) is 59.7 Å². The van der Waals surface area contributed by atoms with Gasteiger partial charge in [0.05, 0.1) is 7.11 Å². The molecule has 0 aromatic heterocycles. The van der Waals surface area contributed by atoms with Crippen LogP contribution in [0, 0.1) is 11.3 Å². The number of hydrogen-bond donors (Lipinski definition) is 2. The number of ether oxygens (including phenoxy) is 1. The van der Waals surface area contributed by atoms with Gasteiger partial charge in [0.1, 0.15) is 23.1 Å². The fourth-order valence-electron chi connectivity index (χ4n) is 2.96. The topological polar surface area (TPSA) is 82.3 Å². The molecule has 0 saturated carbocycles. The van der Waals surface area contributed by atoms with E-state index in [1.54, 1.807) is 18.2 Å². The van der Waals surface area contributed by atoms with E-state index in [9.17, 15) is 15.2 Å². The zero-order valence-electron chi connectivity index (χ0n) is 16.5. The molecule has 3 aromatic carbocycles. The molecule has 31 heavy (non-hydrogen) atoms. The molecule has 2 N–H and O–H groups in total. The fraction of sp³-hybridized carbons (Fsp3) is 0.0833. The van der Waals surface area contributed by atoms with E-state index < -0.39 is 5.91 Å². The lowest BCUT2D eigenvalue weighted by atomic mass is 10.0. The number of aromatic hydroxyl groups is 1. The molecule has 0 heterocycles. The highest BCUT2D eigenvalue weighted by Crippen LogP contribution is 2.33. The highest BCUT2D eigenvalue weighted by Gasteiger charge is 2.15. The number of methoxy groups -OCH3 is 1. The number of nitrogens with one attached hydrogen (secondary N) is 1. The number of carbonyl (C=O) groups is 1. The second kappa shape index (κ2) is 10.0. The number of phenols is 1. The molecular weight excluding hydrogens is 435 g/mol. The monoisotopic (exact) mass is 452 g/mol. The molecule has 0 spiro atoms.